The maximum absolute atomic E-state index is 6.13. The molecule has 0 saturated carbocycles. The molecular weight excluding hydrogens is 338 g/mol. The molecule has 0 amide bonds. The molecule has 0 atom stereocenters. The molecule has 2 rings (SSSR count). The fourth-order valence-corrected chi connectivity index (χ4v) is 3.07. The first-order valence-electron chi connectivity index (χ1n) is 9.84. The maximum Gasteiger partial charge on any atom is 0.151 e. The first kappa shape index (κ1) is 21.1. The summed E-state index contributed by atoms with van der Waals surface area (Å²) in [5.41, 5.74) is 13.2. The second-order valence-electron chi connectivity index (χ2n) is 6.67. The van der Waals surface area contributed by atoms with Crippen LogP contribution in [0.4, 0.5) is 5.82 Å². The van der Waals surface area contributed by atoms with Gasteiger partial charge in [-0.25, -0.2) is 15.4 Å². The Morgan fingerprint density at radius 2 is 2.04 bits per heavy atom. The van der Waals surface area contributed by atoms with Crippen molar-refractivity contribution in [2.24, 2.45) is 0 Å². The fourth-order valence-electron chi connectivity index (χ4n) is 3.07. The number of nitrogens with zero attached hydrogens (tertiary/aromatic N) is 3. The van der Waals surface area contributed by atoms with E-state index in [1.165, 1.54) is 0 Å². The molecule has 0 fully saturated rings. The number of anilines is 1. The van der Waals surface area contributed by atoms with Gasteiger partial charge in [-0.1, -0.05) is 31.2 Å². The lowest BCUT2D eigenvalue weighted by molar-refractivity contribution is 0.0390. The van der Waals surface area contributed by atoms with Crippen LogP contribution in [0.5, 0.6) is 0 Å². The number of fused-ring (bicyclic) bond motifs is 1. The normalized spacial score (nSPS) is 12.1. The summed E-state index contributed by atoms with van der Waals surface area (Å²) in [4.78, 5) is 14.8. The summed E-state index contributed by atoms with van der Waals surface area (Å²) in [6.45, 7) is 10.6. The zero-order valence-corrected chi connectivity index (χ0v) is 17.1. The van der Waals surface area contributed by atoms with Crippen LogP contribution in [0.2, 0.25) is 0 Å². The van der Waals surface area contributed by atoms with Gasteiger partial charge in [-0.05, 0) is 45.6 Å². The van der Waals surface area contributed by atoms with Crippen molar-refractivity contribution in [2.45, 2.75) is 59.9 Å². The van der Waals surface area contributed by atoms with E-state index in [1.807, 2.05) is 32.1 Å². The first-order chi connectivity index (χ1) is 13.1. The quantitative estimate of drug-likeness (QED) is 0.354. The molecule has 0 unspecified atom stereocenters. The van der Waals surface area contributed by atoms with Crippen LogP contribution in [0.1, 0.15) is 50.2 Å². The molecule has 2 heterocycles. The number of aryl methyl sites for hydroxylation is 4. The van der Waals surface area contributed by atoms with Crippen LogP contribution in [0.3, 0.4) is 0 Å². The van der Waals surface area contributed by atoms with Gasteiger partial charge in [0.15, 0.2) is 5.82 Å². The van der Waals surface area contributed by atoms with E-state index in [0.717, 1.165) is 66.9 Å². The number of aromatic nitrogens is 3. The van der Waals surface area contributed by atoms with Crippen LogP contribution in [-0.4, -0.2) is 27.7 Å². The summed E-state index contributed by atoms with van der Waals surface area (Å²) in [7, 11) is 0. The minimum absolute atomic E-state index is 0.521. The van der Waals surface area contributed by atoms with Gasteiger partial charge in [-0.2, -0.15) is 0 Å². The standard InChI is InChI=1S/C21H33N5O/c1-5-7-8-9-10-13-23-27-15-11-14-26-18(12-6-2)25-19-20(26)16(3)17(4)24-21(19)22/h5,7-9,23H,6,10-15H2,1-4H3,(H2,22,24)/b7-5-,9-8-. The van der Waals surface area contributed by atoms with Gasteiger partial charge in [0.2, 0.25) is 0 Å². The summed E-state index contributed by atoms with van der Waals surface area (Å²) in [6, 6.07) is 0. The number of nitrogens with two attached hydrogens (primary N) is 1. The van der Waals surface area contributed by atoms with Crippen molar-refractivity contribution < 1.29 is 4.84 Å². The Balaban J connectivity index is 1.94. The average molecular weight is 372 g/mol. The number of hydrogen-bond donors (Lipinski definition) is 2. The molecule has 2 aromatic rings. The highest BCUT2D eigenvalue weighted by molar-refractivity contribution is 5.88. The molecule has 27 heavy (non-hydrogen) atoms. The molecule has 0 aliphatic rings. The molecular formula is C21H33N5O. The van der Waals surface area contributed by atoms with Gasteiger partial charge in [-0.15, -0.1) is 0 Å². The van der Waals surface area contributed by atoms with E-state index < -0.39 is 0 Å². The van der Waals surface area contributed by atoms with Gasteiger partial charge in [0.1, 0.15) is 11.3 Å². The number of imidazole rings is 1. The number of hydroxylamine groups is 1. The van der Waals surface area contributed by atoms with Crippen molar-refractivity contribution in [3.63, 3.8) is 0 Å². The molecule has 0 radical (unpaired) electrons. The van der Waals surface area contributed by atoms with Crippen molar-refractivity contribution in [2.75, 3.05) is 18.9 Å². The van der Waals surface area contributed by atoms with Crippen LogP contribution in [0, 0.1) is 13.8 Å². The predicted molar refractivity (Wildman–Crippen MR) is 113 cm³/mol. The van der Waals surface area contributed by atoms with Gasteiger partial charge in [0.05, 0.1) is 12.1 Å². The van der Waals surface area contributed by atoms with E-state index in [2.05, 4.69) is 35.0 Å². The molecule has 0 aliphatic carbocycles. The lowest BCUT2D eigenvalue weighted by Gasteiger charge is -2.12. The molecule has 6 nitrogen and oxygen atoms in total. The van der Waals surface area contributed by atoms with Crippen molar-refractivity contribution in [3.05, 3.63) is 41.4 Å². The van der Waals surface area contributed by atoms with Crippen LogP contribution in [0.15, 0.2) is 24.3 Å². The molecule has 0 saturated heterocycles. The van der Waals surface area contributed by atoms with E-state index in [0.29, 0.717) is 12.4 Å². The monoisotopic (exact) mass is 371 g/mol. The molecule has 148 valence electrons. The summed E-state index contributed by atoms with van der Waals surface area (Å²) in [6.07, 6.45) is 12.0. The first-order valence-corrected chi connectivity index (χ1v) is 9.84. The van der Waals surface area contributed by atoms with Crippen LogP contribution < -0.4 is 11.2 Å². The maximum atomic E-state index is 6.13. The number of rotatable bonds is 11. The van der Waals surface area contributed by atoms with Crippen molar-refractivity contribution in [3.8, 4) is 0 Å². The van der Waals surface area contributed by atoms with Crippen molar-refractivity contribution in [1.29, 1.82) is 0 Å². The molecule has 0 aliphatic heterocycles. The molecule has 3 N–H and O–H groups in total. The molecule has 0 bridgehead atoms. The lowest BCUT2D eigenvalue weighted by Crippen LogP contribution is -2.17. The minimum Gasteiger partial charge on any atom is -0.382 e. The van der Waals surface area contributed by atoms with E-state index >= 15 is 0 Å². The summed E-state index contributed by atoms with van der Waals surface area (Å²) in [5.74, 6) is 1.60. The van der Waals surface area contributed by atoms with Crippen LogP contribution >= 0.6 is 0 Å². The number of hydrogen-bond acceptors (Lipinski definition) is 5. The highest BCUT2D eigenvalue weighted by Gasteiger charge is 2.16. The highest BCUT2D eigenvalue weighted by Crippen LogP contribution is 2.26. The number of allylic oxidation sites excluding steroid dienone is 3. The van der Waals surface area contributed by atoms with E-state index in [-0.39, 0.29) is 0 Å². The lowest BCUT2D eigenvalue weighted by atomic mass is 10.2. The third-order valence-electron chi connectivity index (χ3n) is 4.53. The van der Waals surface area contributed by atoms with Crippen molar-refractivity contribution in [1.82, 2.24) is 20.0 Å². The second kappa shape index (κ2) is 10.8. The summed E-state index contributed by atoms with van der Waals surface area (Å²) < 4.78 is 2.29. The third kappa shape index (κ3) is 5.65. The molecule has 0 spiro atoms. The zero-order valence-electron chi connectivity index (χ0n) is 17.1. The Kier molecular flexibility index (Phi) is 8.48. The smallest absolute Gasteiger partial charge is 0.151 e. The number of nitrogens with one attached hydrogen (secondary N) is 1. The number of nitrogen functional groups attached to an aromatic ring is 1. The minimum atomic E-state index is 0.521. The third-order valence-corrected chi connectivity index (χ3v) is 4.53. The SMILES string of the molecule is C/C=C\C=C/CCNOCCCn1c(CCC)nc2c(N)nc(C)c(C)c21. The van der Waals surface area contributed by atoms with Crippen LogP contribution in [-0.2, 0) is 17.8 Å². The van der Waals surface area contributed by atoms with Gasteiger partial charge < -0.3 is 15.1 Å². The summed E-state index contributed by atoms with van der Waals surface area (Å²) in [5, 5.41) is 0. The van der Waals surface area contributed by atoms with Gasteiger partial charge in [0.25, 0.3) is 0 Å². The number of pyridine rings is 1. The van der Waals surface area contributed by atoms with Crippen LogP contribution in [0.25, 0.3) is 11.0 Å². The Morgan fingerprint density at radius 1 is 1.22 bits per heavy atom. The zero-order chi connectivity index (χ0) is 19.6. The Morgan fingerprint density at radius 3 is 2.78 bits per heavy atom. The Labute approximate surface area is 162 Å². The van der Waals surface area contributed by atoms with Crippen molar-refractivity contribution >= 4 is 16.9 Å². The Bertz CT molecular complexity index is 792. The van der Waals surface area contributed by atoms with Gasteiger partial charge in [-0.3, -0.25) is 0 Å². The predicted octanol–water partition coefficient (Wildman–Crippen LogP) is 4.02. The molecule has 2 aromatic heterocycles. The molecule has 6 heteroatoms. The largest absolute Gasteiger partial charge is 0.382 e. The van der Waals surface area contributed by atoms with Gasteiger partial charge >= 0.3 is 0 Å². The molecule has 0 aromatic carbocycles. The summed E-state index contributed by atoms with van der Waals surface area (Å²) >= 11 is 0. The highest BCUT2D eigenvalue weighted by atomic mass is 16.6. The van der Waals surface area contributed by atoms with E-state index in [1.54, 1.807) is 0 Å². The topological polar surface area (TPSA) is 78.0 Å². The van der Waals surface area contributed by atoms with Gasteiger partial charge in [0, 0.05) is 25.2 Å². The Hall–Kier alpha value is -2.18. The second-order valence-corrected chi connectivity index (χ2v) is 6.67. The van der Waals surface area contributed by atoms with E-state index in [4.69, 9.17) is 15.6 Å². The average Bonchev–Trinajstić information content (AvgIpc) is 3.01. The fraction of sp³-hybridized carbons (Fsp3) is 0.524. The van der Waals surface area contributed by atoms with E-state index in [9.17, 15) is 0 Å².